The molecule has 26 heavy (non-hydrogen) atoms. The Morgan fingerprint density at radius 2 is 2.00 bits per heavy atom. The molecule has 0 aliphatic heterocycles. The maximum absolute atomic E-state index is 12.0. The lowest BCUT2D eigenvalue weighted by Crippen LogP contribution is -2.39. The number of nitrogens with one attached hydrogen (secondary N) is 2. The summed E-state index contributed by atoms with van der Waals surface area (Å²) in [5.41, 5.74) is -0.556. The van der Waals surface area contributed by atoms with Crippen molar-refractivity contribution in [3.05, 3.63) is 62.9 Å². The molecular formula is C17H19N3O6. The molecule has 0 bridgehead atoms. The number of rotatable bonds is 8. The summed E-state index contributed by atoms with van der Waals surface area (Å²) in [7, 11) is 1.50. The van der Waals surface area contributed by atoms with Gasteiger partial charge in [-0.1, -0.05) is 18.2 Å². The van der Waals surface area contributed by atoms with Crippen LogP contribution in [0.5, 0.6) is 5.75 Å². The van der Waals surface area contributed by atoms with Crippen LogP contribution in [-0.4, -0.2) is 40.2 Å². The molecule has 138 valence electrons. The highest BCUT2D eigenvalue weighted by Gasteiger charge is 2.20. The first-order chi connectivity index (χ1) is 12.4. The zero-order valence-corrected chi connectivity index (χ0v) is 14.1. The van der Waals surface area contributed by atoms with E-state index in [9.17, 15) is 24.3 Å². The number of carboxylic acids is 1. The molecule has 1 unspecified atom stereocenters. The zero-order valence-electron chi connectivity index (χ0n) is 14.1. The Morgan fingerprint density at radius 1 is 1.27 bits per heavy atom. The van der Waals surface area contributed by atoms with Gasteiger partial charge >= 0.3 is 11.7 Å². The van der Waals surface area contributed by atoms with Crippen molar-refractivity contribution < 1.29 is 19.4 Å². The van der Waals surface area contributed by atoms with E-state index in [4.69, 9.17) is 4.74 Å². The molecule has 1 amide bonds. The average Bonchev–Trinajstić information content (AvgIpc) is 2.61. The Bertz CT molecular complexity index is 902. The lowest BCUT2D eigenvalue weighted by atomic mass is 9.98. The van der Waals surface area contributed by atoms with Crippen LogP contribution >= 0.6 is 0 Å². The standard InChI is InChI=1S/C17H19N3O6/c1-26-13-5-3-2-4-11(13)8-12(16(23)24)9-18-15(22)10-20-7-6-14(21)19-17(20)25/h2-7,12H,8-10H2,1H3,(H,18,22)(H,23,24)(H,19,21,25). The predicted molar refractivity (Wildman–Crippen MR) is 92.2 cm³/mol. The number of hydrogen-bond acceptors (Lipinski definition) is 5. The number of aromatic amines is 1. The van der Waals surface area contributed by atoms with Gasteiger partial charge in [0.15, 0.2) is 0 Å². The summed E-state index contributed by atoms with van der Waals surface area (Å²) in [5.74, 6) is -1.88. The van der Waals surface area contributed by atoms with E-state index < -0.39 is 29.0 Å². The van der Waals surface area contributed by atoms with Crippen molar-refractivity contribution in [2.24, 2.45) is 5.92 Å². The van der Waals surface area contributed by atoms with Gasteiger partial charge in [0.2, 0.25) is 5.91 Å². The van der Waals surface area contributed by atoms with Gasteiger partial charge in [0.05, 0.1) is 13.0 Å². The van der Waals surface area contributed by atoms with Gasteiger partial charge in [0.1, 0.15) is 12.3 Å². The number of ether oxygens (including phenoxy) is 1. The molecule has 1 heterocycles. The number of methoxy groups -OCH3 is 1. The van der Waals surface area contributed by atoms with E-state index in [0.29, 0.717) is 11.3 Å². The summed E-state index contributed by atoms with van der Waals surface area (Å²) in [6.45, 7) is -0.430. The number of benzene rings is 1. The monoisotopic (exact) mass is 361 g/mol. The Hall–Kier alpha value is -3.36. The lowest BCUT2D eigenvalue weighted by Gasteiger charge is -2.15. The molecule has 9 heteroatoms. The molecule has 2 aromatic rings. The summed E-state index contributed by atoms with van der Waals surface area (Å²) in [6, 6.07) is 8.17. The van der Waals surface area contributed by atoms with Crippen molar-refractivity contribution in [1.29, 1.82) is 0 Å². The fraction of sp³-hybridized carbons (Fsp3) is 0.294. The van der Waals surface area contributed by atoms with Crippen LogP contribution in [0.25, 0.3) is 0 Å². The fourth-order valence-corrected chi connectivity index (χ4v) is 2.40. The summed E-state index contributed by atoms with van der Waals surface area (Å²) < 4.78 is 6.23. The lowest BCUT2D eigenvalue weighted by molar-refractivity contribution is -0.141. The quantitative estimate of drug-likeness (QED) is 0.587. The maximum Gasteiger partial charge on any atom is 0.328 e. The molecule has 0 saturated carbocycles. The molecule has 0 fully saturated rings. The molecule has 1 aromatic carbocycles. The second kappa shape index (κ2) is 8.65. The highest BCUT2D eigenvalue weighted by molar-refractivity contribution is 5.77. The van der Waals surface area contributed by atoms with Crippen molar-refractivity contribution in [2.75, 3.05) is 13.7 Å². The molecule has 0 spiro atoms. The number of nitrogens with zero attached hydrogens (tertiary/aromatic N) is 1. The molecule has 3 N–H and O–H groups in total. The fourth-order valence-electron chi connectivity index (χ4n) is 2.40. The number of aromatic nitrogens is 2. The SMILES string of the molecule is COc1ccccc1CC(CNC(=O)Cn1ccc(=O)[nH]c1=O)C(=O)O. The molecule has 9 nitrogen and oxygen atoms in total. The van der Waals surface area contributed by atoms with Gasteiger partial charge in [-0.15, -0.1) is 0 Å². The Kier molecular flexibility index (Phi) is 6.31. The average molecular weight is 361 g/mol. The summed E-state index contributed by atoms with van der Waals surface area (Å²) in [5, 5.41) is 11.9. The first kappa shape index (κ1) is 19.0. The number of para-hydroxylation sites is 1. The maximum atomic E-state index is 12.0. The number of carboxylic acid groups (broad SMARTS) is 1. The van der Waals surface area contributed by atoms with Crippen molar-refractivity contribution in [2.45, 2.75) is 13.0 Å². The molecule has 2 rings (SSSR count). The second-order valence-corrected chi connectivity index (χ2v) is 5.59. The van der Waals surface area contributed by atoms with Crippen LogP contribution in [0.1, 0.15) is 5.56 Å². The number of hydrogen-bond donors (Lipinski definition) is 3. The minimum Gasteiger partial charge on any atom is -0.496 e. The van der Waals surface area contributed by atoms with Gasteiger partial charge < -0.3 is 15.2 Å². The summed E-state index contributed by atoms with van der Waals surface area (Å²) >= 11 is 0. The van der Waals surface area contributed by atoms with E-state index in [1.807, 2.05) is 4.98 Å². The third-order valence-corrected chi connectivity index (χ3v) is 3.76. The van der Waals surface area contributed by atoms with E-state index in [0.717, 1.165) is 10.6 Å². The highest BCUT2D eigenvalue weighted by Crippen LogP contribution is 2.20. The van der Waals surface area contributed by atoms with Gasteiger partial charge in [-0.3, -0.25) is 23.9 Å². The predicted octanol–water partition coefficient (Wildman–Crippen LogP) is -0.395. The minimum atomic E-state index is -1.06. The molecule has 0 saturated heterocycles. The molecule has 0 aliphatic rings. The van der Waals surface area contributed by atoms with Crippen molar-refractivity contribution >= 4 is 11.9 Å². The van der Waals surface area contributed by atoms with Gasteiger partial charge in [-0.2, -0.15) is 0 Å². The van der Waals surface area contributed by atoms with Crippen LogP contribution in [0.2, 0.25) is 0 Å². The van der Waals surface area contributed by atoms with E-state index in [1.54, 1.807) is 24.3 Å². The summed E-state index contributed by atoms with van der Waals surface area (Å²) in [6.07, 6.45) is 1.38. The van der Waals surface area contributed by atoms with Gasteiger partial charge in [0, 0.05) is 18.8 Å². The molecular weight excluding hydrogens is 342 g/mol. The van der Waals surface area contributed by atoms with Gasteiger partial charge in [-0.05, 0) is 18.1 Å². The second-order valence-electron chi connectivity index (χ2n) is 5.59. The normalized spacial score (nSPS) is 11.6. The first-order valence-corrected chi connectivity index (χ1v) is 7.82. The number of H-pyrrole nitrogens is 1. The van der Waals surface area contributed by atoms with E-state index in [-0.39, 0.29) is 19.5 Å². The number of carbonyl (C=O) groups is 2. The Labute approximate surface area is 148 Å². The van der Waals surface area contributed by atoms with Crippen LogP contribution in [0.3, 0.4) is 0 Å². The van der Waals surface area contributed by atoms with Crippen molar-refractivity contribution in [3.8, 4) is 5.75 Å². The van der Waals surface area contributed by atoms with Crippen LogP contribution in [-0.2, 0) is 22.6 Å². The summed E-state index contributed by atoms with van der Waals surface area (Å²) in [4.78, 5) is 48.0. The van der Waals surface area contributed by atoms with E-state index in [2.05, 4.69) is 5.32 Å². The van der Waals surface area contributed by atoms with E-state index >= 15 is 0 Å². The Balaban J connectivity index is 1.99. The number of carbonyl (C=O) groups excluding carboxylic acids is 1. The van der Waals surface area contributed by atoms with Gasteiger partial charge in [0.25, 0.3) is 5.56 Å². The topological polar surface area (TPSA) is 130 Å². The van der Waals surface area contributed by atoms with Crippen LogP contribution < -0.4 is 21.3 Å². The largest absolute Gasteiger partial charge is 0.496 e. The Morgan fingerprint density at radius 3 is 2.65 bits per heavy atom. The van der Waals surface area contributed by atoms with Crippen molar-refractivity contribution in [3.63, 3.8) is 0 Å². The van der Waals surface area contributed by atoms with Crippen LogP contribution in [0, 0.1) is 5.92 Å². The number of amides is 1. The molecule has 1 aromatic heterocycles. The van der Waals surface area contributed by atoms with Crippen LogP contribution in [0.4, 0.5) is 0 Å². The van der Waals surface area contributed by atoms with Gasteiger partial charge in [-0.25, -0.2) is 4.79 Å². The van der Waals surface area contributed by atoms with E-state index in [1.165, 1.54) is 13.3 Å². The third kappa shape index (κ3) is 5.07. The number of aliphatic carboxylic acids is 1. The molecule has 1 atom stereocenters. The smallest absolute Gasteiger partial charge is 0.328 e. The highest BCUT2D eigenvalue weighted by atomic mass is 16.5. The zero-order chi connectivity index (χ0) is 19.1. The molecule has 0 aliphatic carbocycles. The van der Waals surface area contributed by atoms with Crippen LogP contribution in [0.15, 0.2) is 46.1 Å². The third-order valence-electron chi connectivity index (χ3n) is 3.76. The molecule has 0 radical (unpaired) electrons. The minimum absolute atomic E-state index is 0.107. The first-order valence-electron chi connectivity index (χ1n) is 7.82. The van der Waals surface area contributed by atoms with Crippen molar-refractivity contribution in [1.82, 2.24) is 14.9 Å².